The van der Waals surface area contributed by atoms with Gasteiger partial charge in [0.05, 0.1) is 30.1 Å². The van der Waals surface area contributed by atoms with Crippen molar-refractivity contribution < 1.29 is 19.4 Å². The normalized spacial score (nSPS) is 15.0. The lowest BCUT2D eigenvalue weighted by Gasteiger charge is -2.19. The summed E-state index contributed by atoms with van der Waals surface area (Å²) >= 11 is 6.99. The molecule has 3 aromatic heterocycles. The third kappa shape index (κ3) is 8.35. The van der Waals surface area contributed by atoms with Gasteiger partial charge in [-0.3, -0.25) is 19.6 Å². The zero-order chi connectivity index (χ0) is 34.2. The molecule has 5 N–H and O–H groups in total. The number of rotatable bonds is 14. The van der Waals surface area contributed by atoms with Crippen LogP contribution in [0, 0.1) is 12.8 Å². The second-order valence-electron chi connectivity index (χ2n) is 12.2. The van der Waals surface area contributed by atoms with Gasteiger partial charge in [0.2, 0.25) is 11.8 Å². The standard InChI is InChI=1S/C36H42ClN7O4/c1-21(2)31(20-45)41-17-23-8-11-30(40-16-23)35(47)43-28-7-5-6-26(22(28)3)34-33(37)27(14-15-39-34)29-12-9-24(36(44-29)48-4)18-38-19-25-10-13-32(46)42-25/h5-9,11-12,14-16,21,25,31,38,41,45H,10,13,17-20H2,1-4H3,(H,42,46)(H,43,47)/t25-,31+/m1/s1. The van der Waals surface area contributed by atoms with E-state index in [0.717, 1.165) is 28.7 Å². The summed E-state index contributed by atoms with van der Waals surface area (Å²) in [6.07, 6.45) is 4.74. The Hall–Kier alpha value is -4.42. The Balaban J connectivity index is 1.29. The molecule has 0 saturated carbocycles. The van der Waals surface area contributed by atoms with Crippen LogP contribution >= 0.6 is 11.6 Å². The summed E-state index contributed by atoms with van der Waals surface area (Å²) in [5.74, 6) is 0.526. The van der Waals surface area contributed by atoms with Crippen molar-refractivity contribution in [2.24, 2.45) is 5.92 Å². The summed E-state index contributed by atoms with van der Waals surface area (Å²) < 4.78 is 5.61. The quantitative estimate of drug-likeness (QED) is 0.126. The molecule has 12 heteroatoms. The van der Waals surface area contributed by atoms with Gasteiger partial charge in [0, 0.05) is 72.9 Å². The molecule has 2 atom stereocenters. The number of aliphatic hydroxyl groups is 1. The van der Waals surface area contributed by atoms with E-state index in [0.29, 0.717) is 65.5 Å². The van der Waals surface area contributed by atoms with E-state index < -0.39 is 0 Å². The molecule has 5 rings (SSSR count). The highest BCUT2D eigenvalue weighted by atomic mass is 35.5. The fourth-order valence-electron chi connectivity index (χ4n) is 5.61. The first-order valence-electron chi connectivity index (χ1n) is 16.1. The number of nitrogens with one attached hydrogen (secondary N) is 4. The highest BCUT2D eigenvalue weighted by Crippen LogP contribution is 2.38. The van der Waals surface area contributed by atoms with Crippen molar-refractivity contribution in [2.75, 3.05) is 25.6 Å². The van der Waals surface area contributed by atoms with Gasteiger partial charge in [0.25, 0.3) is 5.91 Å². The number of halogens is 1. The van der Waals surface area contributed by atoms with Crippen LogP contribution in [-0.4, -0.2) is 64.2 Å². The Morgan fingerprint density at radius 3 is 2.62 bits per heavy atom. The van der Waals surface area contributed by atoms with Gasteiger partial charge in [-0.15, -0.1) is 0 Å². The Labute approximate surface area is 285 Å². The summed E-state index contributed by atoms with van der Waals surface area (Å²) in [7, 11) is 1.58. The number of aliphatic hydroxyl groups excluding tert-OH is 1. The number of amides is 2. The monoisotopic (exact) mass is 671 g/mol. The predicted molar refractivity (Wildman–Crippen MR) is 187 cm³/mol. The Bertz CT molecular complexity index is 1750. The first-order valence-corrected chi connectivity index (χ1v) is 16.5. The van der Waals surface area contributed by atoms with E-state index in [1.165, 1.54) is 0 Å². The maximum atomic E-state index is 13.2. The largest absolute Gasteiger partial charge is 0.481 e. The smallest absolute Gasteiger partial charge is 0.274 e. The van der Waals surface area contributed by atoms with Gasteiger partial charge in [0.15, 0.2) is 0 Å². The number of hydrogen-bond acceptors (Lipinski definition) is 9. The van der Waals surface area contributed by atoms with Gasteiger partial charge in [-0.2, -0.15) is 0 Å². The van der Waals surface area contributed by atoms with Crippen LogP contribution in [0.5, 0.6) is 5.88 Å². The van der Waals surface area contributed by atoms with Crippen LogP contribution in [0.1, 0.15) is 53.9 Å². The van der Waals surface area contributed by atoms with Gasteiger partial charge < -0.3 is 31.1 Å². The van der Waals surface area contributed by atoms with Crippen molar-refractivity contribution in [1.82, 2.24) is 30.9 Å². The lowest BCUT2D eigenvalue weighted by molar-refractivity contribution is -0.119. The summed E-state index contributed by atoms with van der Waals surface area (Å²) in [5.41, 5.74) is 6.16. The van der Waals surface area contributed by atoms with Crippen LogP contribution in [-0.2, 0) is 17.9 Å². The third-order valence-corrected chi connectivity index (χ3v) is 8.94. The summed E-state index contributed by atoms with van der Waals surface area (Å²) in [4.78, 5) is 38.4. The molecule has 252 valence electrons. The van der Waals surface area contributed by atoms with E-state index in [9.17, 15) is 14.7 Å². The first kappa shape index (κ1) is 34.9. The molecule has 0 bridgehead atoms. The number of anilines is 1. The number of benzene rings is 1. The molecule has 1 aliphatic rings. The van der Waals surface area contributed by atoms with Crippen LogP contribution < -0.4 is 26.0 Å². The minimum Gasteiger partial charge on any atom is -0.481 e. The SMILES string of the molecule is COc1nc(-c2ccnc(-c3cccc(NC(=O)c4ccc(CN[C@@H](CO)C(C)C)cn4)c3C)c2Cl)ccc1CNC[C@H]1CCC(=O)N1. The van der Waals surface area contributed by atoms with Crippen molar-refractivity contribution in [3.8, 4) is 28.4 Å². The molecular formula is C36H42ClN7O4. The van der Waals surface area contributed by atoms with E-state index >= 15 is 0 Å². The number of ether oxygens (including phenoxy) is 1. The highest BCUT2D eigenvalue weighted by molar-refractivity contribution is 6.35. The predicted octanol–water partition coefficient (Wildman–Crippen LogP) is 4.90. The van der Waals surface area contributed by atoms with E-state index in [4.69, 9.17) is 21.3 Å². The number of methoxy groups -OCH3 is 1. The van der Waals surface area contributed by atoms with Gasteiger partial charge >= 0.3 is 0 Å². The number of aromatic nitrogens is 3. The van der Waals surface area contributed by atoms with Crippen LogP contribution in [0.25, 0.3) is 22.5 Å². The maximum absolute atomic E-state index is 13.2. The number of nitrogens with zero attached hydrogens (tertiary/aromatic N) is 3. The van der Waals surface area contributed by atoms with Gasteiger partial charge in [-0.05, 0) is 54.7 Å². The lowest BCUT2D eigenvalue weighted by atomic mass is 10.0. The average Bonchev–Trinajstić information content (AvgIpc) is 3.51. The summed E-state index contributed by atoms with van der Waals surface area (Å²) in [6.45, 7) is 7.80. The Morgan fingerprint density at radius 2 is 1.94 bits per heavy atom. The maximum Gasteiger partial charge on any atom is 0.274 e. The van der Waals surface area contributed by atoms with Crippen molar-refractivity contribution in [3.63, 3.8) is 0 Å². The zero-order valence-electron chi connectivity index (χ0n) is 27.6. The summed E-state index contributed by atoms with van der Waals surface area (Å²) in [5, 5.41) is 22.6. The lowest BCUT2D eigenvalue weighted by Crippen LogP contribution is -2.36. The molecule has 0 radical (unpaired) electrons. The second kappa shape index (κ2) is 16.1. The molecule has 2 amide bonds. The van der Waals surface area contributed by atoms with Crippen molar-refractivity contribution in [2.45, 2.75) is 58.8 Å². The van der Waals surface area contributed by atoms with E-state index in [2.05, 4.69) is 31.2 Å². The number of hydrogen-bond donors (Lipinski definition) is 5. The van der Waals surface area contributed by atoms with E-state index in [-0.39, 0.29) is 36.2 Å². The molecule has 0 spiro atoms. The van der Waals surface area contributed by atoms with Crippen molar-refractivity contribution >= 4 is 29.1 Å². The molecular weight excluding hydrogens is 630 g/mol. The van der Waals surface area contributed by atoms with Gasteiger partial charge in [0.1, 0.15) is 5.69 Å². The molecule has 11 nitrogen and oxygen atoms in total. The number of pyridine rings is 3. The molecule has 0 aliphatic carbocycles. The van der Waals surface area contributed by atoms with Crippen LogP contribution in [0.3, 0.4) is 0 Å². The molecule has 4 heterocycles. The fraction of sp³-hybridized carbons (Fsp3) is 0.361. The second-order valence-corrected chi connectivity index (χ2v) is 12.6. The van der Waals surface area contributed by atoms with E-state index in [1.54, 1.807) is 25.6 Å². The van der Waals surface area contributed by atoms with Crippen LogP contribution in [0.2, 0.25) is 5.02 Å². The average molecular weight is 672 g/mol. The highest BCUT2D eigenvalue weighted by Gasteiger charge is 2.21. The van der Waals surface area contributed by atoms with Gasteiger partial charge in [-0.1, -0.05) is 49.7 Å². The first-order chi connectivity index (χ1) is 23.2. The topological polar surface area (TPSA) is 150 Å². The van der Waals surface area contributed by atoms with Crippen LogP contribution in [0.15, 0.2) is 60.9 Å². The fourth-order valence-corrected chi connectivity index (χ4v) is 5.92. The Kier molecular flexibility index (Phi) is 11.7. The minimum absolute atomic E-state index is 0.0152. The van der Waals surface area contributed by atoms with Crippen molar-refractivity contribution in [1.29, 1.82) is 0 Å². The van der Waals surface area contributed by atoms with Crippen LogP contribution in [0.4, 0.5) is 5.69 Å². The van der Waals surface area contributed by atoms with Gasteiger partial charge in [-0.25, -0.2) is 4.98 Å². The Morgan fingerprint density at radius 1 is 1.10 bits per heavy atom. The van der Waals surface area contributed by atoms with Crippen molar-refractivity contribution in [3.05, 3.63) is 88.3 Å². The summed E-state index contributed by atoms with van der Waals surface area (Å²) in [6, 6.07) is 14.9. The third-order valence-electron chi connectivity index (χ3n) is 8.55. The minimum atomic E-state index is -0.336. The molecule has 4 aromatic rings. The number of carbonyl (C=O) groups excluding carboxylic acids is 2. The molecule has 1 saturated heterocycles. The molecule has 1 aromatic carbocycles. The van der Waals surface area contributed by atoms with E-state index in [1.807, 2.05) is 63.2 Å². The molecule has 1 aliphatic heterocycles. The zero-order valence-corrected chi connectivity index (χ0v) is 28.4. The number of carbonyl (C=O) groups is 2. The molecule has 48 heavy (non-hydrogen) atoms. The molecule has 1 fully saturated rings. The molecule has 0 unspecified atom stereocenters.